The van der Waals surface area contributed by atoms with E-state index in [0.717, 1.165) is 0 Å². The smallest absolute Gasteiger partial charge is 0.319 e. The van der Waals surface area contributed by atoms with Crippen LogP contribution in [0.15, 0.2) is 24.3 Å². The van der Waals surface area contributed by atoms with E-state index in [2.05, 4.69) is 10.6 Å². The topological polar surface area (TPSA) is 81.3 Å². The van der Waals surface area contributed by atoms with Crippen molar-refractivity contribution in [1.82, 2.24) is 5.32 Å². The highest BCUT2D eigenvalue weighted by Gasteiger charge is 2.17. The molecule has 18 heavy (non-hydrogen) atoms. The van der Waals surface area contributed by atoms with Gasteiger partial charge >= 0.3 is 6.03 Å². The van der Waals surface area contributed by atoms with E-state index in [0.29, 0.717) is 10.7 Å². The van der Waals surface area contributed by atoms with Crippen LogP contribution in [0.2, 0.25) is 5.02 Å². The molecule has 0 saturated carbocycles. The number of amides is 2. The van der Waals surface area contributed by atoms with E-state index in [1.54, 1.807) is 38.1 Å². The Morgan fingerprint density at radius 3 is 2.22 bits per heavy atom. The maximum atomic E-state index is 11.6. The summed E-state index contributed by atoms with van der Waals surface area (Å²) in [6.45, 7) is 3.37. The van der Waals surface area contributed by atoms with Crippen molar-refractivity contribution < 1.29 is 14.7 Å². The number of aliphatic carboxylic acids is 1. The maximum Gasteiger partial charge on any atom is 0.319 e. The van der Waals surface area contributed by atoms with Crippen LogP contribution < -0.4 is 15.7 Å². The Morgan fingerprint density at radius 1 is 1.22 bits per heavy atom. The Kier molecular flexibility index (Phi) is 4.97. The molecule has 0 aliphatic rings. The molecular weight excluding hydrogens is 256 g/mol. The Bertz CT molecular complexity index is 431. The third-order valence-corrected chi connectivity index (χ3v) is 2.56. The van der Waals surface area contributed by atoms with E-state index in [4.69, 9.17) is 11.6 Å². The summed E-state index contributed by atoms with van der Waals surface area (Å²) in [6.07, 6.45) is 0. The third-order valence-electron chi connectivity index (χ3n) is 2.31. The van der Waals surface area contributed by atoms with Crippen LogP contribution in [-0.4, -0.2) is 18.0 Å². The monoisotopic (exact) mass is 269 g/mol. The van der Waals surface area contributed by atoms with Crippen LogP contribution in [-0.2, 0) is 4.79 Å². The average molecular weight is 270 g/mol. The van der Waals surface area contributed by atoms with Crippen LogP contribution in [0, 0.1) is 5.92 Å². The van der Waals surface area contributed by atoms with Crippen molar-refractivity contribution in [2.75, 3.05) is 5.32 Å². The highest BCUT2D eigenvalue weighted by molar-refractivity contribution is 6.30. The number of benzene rings is 1. The molecule has 2 amide bonds. The SMILES string of the molecule is CC(C)C(NC(=O)Nc1ccc(Cl)cc1)C(=O)[O-]. The molecule has 0 aliphatic carbocycles. The Labute approximate surface area is 110 Å². The number of hydrogen-bond donors (Lipinski definition) is 2. The van der Waals surface area contributed by atoms with Gasteiger partial charge in [-0.05, 0) is 30.2 Å². The van der Waals surface area contributed by atoms with Crippen molar-refractivity contribution in [1.29, 1.82) is 0 Å². The number of carboxylic acid groups (broad SMARTS) is 1. The zero-order valence-electron chi connectivity index (χ0n) is 10.1. The number of anilines is 1. The molecule has 0 spiro atoms. The largest absolute Gasteiger partial charge is 0.548 e. The van der Waals surface area contributed by atoms with Gasteiger partial charge in [-0.3, -0.25) is 0 Å². The summed E-state index contributed by atoms with van der Waals surface area (Å²) in [5.41, 5.74) is 0.526. The van der Waals surface area contributed by atoms with E-state index < -0.39 is 18.0 Å². The van der Waals surface area contributed by atoms with E-state index in [-0.39, 0.29) is 5.92 Å². The lowest BCUT2D eigenvalue weighted by molar-refractivity contribution is -0.309. The van der Waals surface area contributed by atoms with Gasteiger partial charge in [0, 0.05) is 10.7 Å². The van der Waals surface area contributed by atoms with E-state index in [1.807, 2.05) is 0 Å². The predicted molar refractivity (Wildman–Crippen MR) is 67.2 cm³/mol. The second kappa shape index (κ2) is 6.26. The van der Waals surface area contributed by atoms with Crippen LogP contribution in [0.4, 0.5) is 10.5 Å². The van der Waals surface area contributed by atoms with Gasteiger partial charge in [0.15, 0.2) is 0 Å². The molecule has 1 atom stereocenters. The number of carboxylic acids is 1. The molecule has 1 aromatic carbocycles. The molecular formula is C12H14ClN2O3-. The minimum atomic E-state index is -1.31. The Balaban J connectivity index is 2.60. The summed E-state index contributed by atoms with van der Waals surface area (Å²) in [7, 11) is 0. The molecule has 1 aromatic rings. The van der Waals surface area contributed by atoms with Gasteiger partial charge in [0.2, 0.25) is 0 Å². The minimum absolute atomic E-state index is 0.258. The molecule has 0 bridgehead atoms. The molecule has 2 N–H and O–H groups in total. The third kappa shape index (κ3) is 4.25. The molecule has 98 valence electrons. The molecule has 0 radical (unpaired) electrons. The van der Waals surface area contributed by atoms with Gasteiger partial charge in [-0.15, -0.1) is 0 Å². The summed E-state index contributed by atoms with van der Waals surface area (Å²) in [4.78, 5) is 22.4. The van der Waals surface area contributed by atoms with Gasteiger partial charge in [-0.2, -0.15) is 0 Å². The standard InChI is InChI=1S/C12H15ClN2O3/c1-7(2)10(11(16)17)15-12(18)14-9-5-3-8(13)4-6-9/h3-7,10H,1-2H3,(H,16,17)(H2,14,15,18)/p-1. The Morgan fingerprint density at radius 2 is 1.78 bits per heavy atom. The van der Waals surface area contributed by atoms with Gasteiger partial charge in [-0.1, -0.05) is 25.4 Å². The molecule has 0 aromatic heterocycles. The van der Waals surface area contributed by atoms with Gasteiger partial charge in [-0.25, -0.2) is 4.79 Å². The summed E-state index contributed by atoms with van der Waals surface area (Å²) in [5.74, 6) is -1.57. The molecule has 5 nitrogen and oxygen atoms in total. The summed E-state index contributed by atoms with van der Waals surface area (Å²) in [5, 5.41) is 16.2. The zero-order chi connectivity index (χ0) is 13.7. The maximum absolute atomic E-state index is 11.6. The number of carbonyl (C=O) groups is 2. The highest BCUT2D eigenvalue weighted by Crippen LogP contribution is 2.13. The van der Waals surface area contributed by atoms with Gasteiger partial charge in [0.1, 0.15) is 0 Å². The number of hydrogen-bond acceptors (Lipinski definition) is 3. The number of halogens is 1. The molecule has 1 unspecified atom stereocenters. The lowest BCUT2D eigenvalue weighted by Crippen LogP contribution is -2.51. The molecule has 0 heterocycles. The van der Waals surface area contributed by atoms with Crippen molar-refractivity contribution in [2.45, 2.75) is 19.9 Å². The molecule has 0 aliphatic heterocycles. The average Bonchev–Trinajstić information content (AvgIpc) is 2.28. The minimum Gasteiger partial charge on any atom is -0.548 e. The van der Waals surface area contributed by atoms with Crippen LogP contribution in [0.1, 0.15) is 13.8 Å². The van der Waals surface area contributed by atoms with Gasteiger partial charge in [0.25, 0.3) is 0 Å². The van der Waals surface area contributed by atoms with Crippen LogP contribution in [0.3, 0.4) is 0 Å². The van der Waals surface area contributed by atoms with Crippen LogP contribution in [0.25, 0.3) is 0 Å². The fourth-order valence-electron chi connectivity index (χ4n) is 1.34. The van der Waals surface area contributed by atoms with Crippen molar-refractivity contribution in [3.8, 4) is 0 Å². The Hall–Kier alpha value is -1.75. The van der Waals surface area contributed by atoms with Crippen molar-refractivity contribution in [3.05, 3.63) is 29.3 Å². The quantitative estimate of drug-likeness (QED) is 0.863. The summed E-state index contributed by atoms with van der Waals surface area (Å²) in [6, 6.07) is 4.85. The zero-order valence-corrected chi connectivity index (χ0v) is 10.8. The van der Waals surface area contributed by atoms with Crippen LogP contribution in [0.5, 0.6) is 0 Å². The molecule has 0 saturated heterocycles. The normalized spacial score (nSPS) is 12.0. The second-order valence-electron chi connectivity index (χ2n) is 4.15. The van der Waals surface area contributed by atoms with Gasteiger partial charge in [0.05, 0.1) is 12.0 Å². The first-order valence-electron chi connectivity index (χ1n) is 5.44. The highest BCUT2D eigenvalue weighted by atomic mass is 35.5. The number of urea groups is 1. The number of rotatable bonds is 4. The second-order valence-corrected chi connectivity index (χ2v) is 4.58. The predicted octanol–water partition coefficient (Wildman–Crippen LogP) is 1.24. The fourth-order valence-corrected chi connectivity index (χ4v) is 1.47. The summed E-state index contributed by atoms with van der Waals surface area (Å²) < 4.78 is 0. The first kappa shape index (κ1) is 14.3. The van der Waals surface area contributed by atoms with Crippen molar-refractivity contribution in [3.63, 3.8) is 0 Å². The first-order chi connectivity index (χ1) is 8.40. The molecule has 1 rings (SSSR count). The number of carbonyl (C=O) groups excluding carboxylic acids is 2. The van der Waals surface area contributed by atoms with Crippen molar-refractivity contribution in [2.24, 2.45) is 5.92 Å². The van der Waals surface area contributed by atoms with E-state index >= 15 is 0 Å². The first-order valence-corrected chi connectivity index (χ1v) is 5.82. The lowest BCUT2D eigenvalue weighted by Gasteiger charge is -2.23. The van der Waals surface area contributed by atoms with E-state index in [9.17, 15) is 14.7 Å². The van der Waals surface area contributed by atoms with Crippen molar-refractivity contribution >= 4 is 29.3 Å². The van der Waals surface area contributed by atoms with Crippen LogP contribution >= 0.6 is 11.6 Å². The van der Waals surface area contributed by atoms with Gasteiger partial charge < -0.3 is 20.5 Å². The fraction of sp³-hybridized carbons (Fsp3) is 0.333. The number of nitrogens with one attached hydrogen (secondary N) is 2. The molecule has 0 fully saturated rings. The molecule has 6 heteroatoms. The lowest BCUT2D eigenvalue weighted by atomic mass is 10.1. The summed E-state index contributed by atoms with van der Waals surface area (Å²) >= 11 is 5.70. The van der Waals surface area contributed by atoms with E-state index in [1.165, 1.54) is 0 Å².